The van der Waals surface area contributed by atoms with E-state index >= 15 is 0 Å². The Kier molecular flexibility index (Phi) is 6.09. The van der Waals surface area contributed by atoms with Crippen molar-refractivity contribution in [1.29, 1.82) is 0 Å². The highest BCUT2D eigenvalue weighted by Crippen LogP contribution is 2.10. The third-order valence-electron chi connectivity index (χ3n) is 4.39. The zero-order valence-electron chi connectivity index (χ0n) is 15.6. The summed E-state index contributed by atoms with van der Waals surface area (Å²) < 4.78 is 14.3. The third kappa shape index (κ3) is 5.10. The molecule has 0 amide bonds. The van der Waals surface area contributed by atoms with Crippen molar-refractivity contribution in [3.05, 3.63) is 106 Å². The number of aryl methyl sites for hydroxylation is 2. The van der Waals surface area contributed by atoms with Gasteiger partial charge >= 0.3 is 0 Å². The molecule has 1 heteroatoms. The second-order valence-electron chi connectivity index (χ2n) is 6.30. The molecule has 0 aliphatic heterocycles. The molecule has 0 fully saturated rings. The second-order valence-corrected chi connectivity index (χ2v) is 6.30. The topological polar surface area (TPSA) is 0 Å². The number of rotatable bonds is 2. The van der Waals surface area contributed by atoms with Crippen LogP contribution in [0.25, 0.3) is 0 Å². The fourth-order valence-corrected chi connectivity index (χ4v) is 2.63. The lowest BCUT2D eigenvalue weighted by atomic mass is 10.1. The van der Waals surface area contributed by atoms with E-state index in [-0.39, 0.29) is 5.82 Å². The summed E-state index contributed by atoms with van der Waals surface area (Å²) in [4.78, 5) is 0. The summed E-state index contributed by atoms with van der Waals surface area (Å²) in [6.45, 7) is 4.23. The van der Waals surface area contributed by atoms with E-state index < -0.39 is 0 Å². The minimum Gasteiger partial charge on any atom is -0.206 e. The highest BCUT2D eigenvalue weighted by molar-refractivity contribution is 5.49. The van der Waals surface area contributed by atoms with Crippen molar-refractivity contribution in [3.8, 4) is 23.7 Å². The molecular weight excluding hydrogens is 331 g/mol. The quantitative estimate of drug-likeness (QED) is 0.515. The Balaban J connectivity index is 1.76. The monoisotopic (exact) mass is 352 g/mol. The molecule has 3 aromatic carbocycles. The average molecular weight is 352 g/mol. The van der Waals surface area contributed by atoms with Gasteiger partial charge in [0.05, 0.1) is 5.56 Å². The van der Waals surface area contributed by atoms with Crippen LogP contribution >= 0.6 is 0 Å². The lowest BCUT2D eigenvalue weighted by Gasteiger charge is -1.97. The van der Waals surface area contributed by atoms with Crippen LogP contribution in [0.5, 0.6) is 0 Å². The van der Waals surface area contributed by atoms with E-state index in [9.17, 15) is 4.39 Å². The molecule has 0 aromatic heterocycles. The predicted molar refractivity (Wildman–Crippen MR) is 110 cm³/mol. The van der Waals surface area contributed by atoms with Crippen molar-refractivity contribution in [3.63, 3.8) is 0 Å². The van der Waals surface area contributed by atoms with Gasteiger partial charge in [-0.25, -0.2) is 4.39 Å². The molecule has 0 aliphatic carbocycles. The molecule has 0 saturated carbocycles. The van der Waals surface area contributed by atoms with Gasteiger partial charge < -0.3 is 0 Å². The Morgan fingerprint density at radius 1 is 0.593 bits per heavy atom. The molecule has 3 aromatic rings. The first kappa shape index (κ1) is 18.5. The largest absolute Gasteiger partial charge is 0.206 e. The Morgan fingerprint density at radius 3 is 1.52 bits per heavy atom. The summed E-state index contributed by atoms with van der Waals surface area (Å²) in [6.07, 6.45) is 2.00. The summed E-state index contributed by atoms with van der Waals surface area (Å²) in [6, 6.07) is 21.1. The maximum Gasteiger partial charge on any atom is 0.140 e. The van der Waals surface area contributed by atoms with Gasteiger partial charge in [0.1, 0.15) is 5.82 Å². The molecule has 0 radical (unpaired) electrons. The fourth-order valence-electron chi connectivity index (χ4n) is 2.63. The maximum atomic E-state index is 14.3. The summed E-state index contributed by atoms with van der Waals surface area (Å²) in [7, 11) is 0. The van der Waals surface area contributed by atoms with Gasteiger partial charge in [0.2, 0.25) is 0 Å². The minimum atomic E-state index is -0.346. The number of halogens is 1. The molecule has 0 N–H and O–H groups in total. The highest BCUT2D eigenvalue weighted by Gasteiger charge is 2.00. The van der Waals surface area contributed by atoms with E-state index in [0.29, 0.717) is 11.1 Å². The van der Waals surface area contributed by atoms with Crippen LogP contribution in [0.15, 0.2) is 66.7 Å². The van der Waals surface area contributed by atoms with Crippen LogP contribution in [0, 0.1) is 29.5 Å². The fraction of sp³-hybridized carbons (Fsp3) is 0.154. The van der Waals surface area contributed by atoms with Crippen molar-refractivity contribution in [2.75, 3.05) is 0 Å². The highest BCUT2D eigenvalue weighted by atomic mass is 19.1. The minimum absolute atomic E-state index is 0.346. The summed E-state index contributed by atoms with van der Waals surface area (Å²) in [5.41, 5.74) is 5.37. The van der Waals surface area contributed by atoms with Gasteiger partial charge in [0.15, 0.2) is 0 Å². The van der Waals surface area contributed by atoms with E-state index in [1.807, 2.05) is 36.4 Å². The van der Waals surface area contributed by atoms with Gasteiger partial charge in [-0.05, 0) is 66.4 Å². The predicted octanol–water partition coefficient (Wildman–Crippen LogP) is 5.75. The zero-order valence-corrected chi connectivity index (χ0v) is 15.6. The third-order valence-corrected chi connectivity index (χ3v) is 4.39. The van der Waals surface area contributed by atoms with E-state index in [0.717, 1.165) is 24.0 Å². The molecule has 0 nitrogen and oxygen atoms in total. The van der Waals surface area contributed by atoms with Gasteiger partial charge in [0, 0.05) is 16.7 Å². The van der Waals surface area contributed by atoms with Crippen molar-refractivity contribution in [1.82, 2.24) is 0 Å². The Labute approximate surface area is 161 Å². The van der Waals surface area contributed by atoms with Gasteiger partial charge in [-0.1, -0.05) is 61.8 Å². The van der Waals surface area contributed by atoms with Crippen LogP contribution in [0.1, 0.15) is 47.2 Å². The molecule has 27 heavy (non-hydrogen) atoms. The van der Waals surface area contributed by atoms with Gasteiger partial charge in [-0.3, -0.25) is 0 Å². The summed E-state index contributed by atoms with van der Waals surface area (Å²) in [5.74, 6) is 11.7. The van der Waals surface area contributed by atoms with Crippen LogP contribution < -0.4 is 0 Å². The van der Waals surface area contributed by atoms with Crippen LogP contribution in [-0.4, -0.2) is 0 Å². The average Bonchev–Trinajstić information content (AvgIpc) is 2.72. The van der Waals surface area contributed by atoms with Gasteiger partial charge in [-0.15, -0.1) is 0 Å². The molecule has 0 atom stereocenters. The molecule has 0 saturated heterocycles. The van der Waals surface area contributed by atoms with Crippen LogP contribution in [0.3, 0.4) is 0 Å². The molecule has 3 rings (SSSR count). The first-order valence-electron chi connectivity index (χ1n) is 9.19. The van der Waals surface area contributed by atoms with Crippen LogP contribution in [-0.2, 0) is 12.8 Å². The smallest absolute Gasteiger partial charge is 0.140 e. The van der Waals surface area contributed by atoms with Crippen molar-refractivity contribution < 1.29 is 4.39 Å². The van der Waals surface area contributed by atoms with E-state index in [2.05, 4.69) is 49.7 Å². The van der Waals surface area contributed by atoms with Crippen LogP contribution in [0.4, 0.5) is 4.39 Å². The number of hydrogen-bond acceptors (Lipinski definition) is 0. The molecule has 0 bridgehead atoms. The maximum absolute atomic E-state index is 14.3. The molecular formula is C26H21F. The lowest BCUT2D eigenvalue weighted by molar-refractivity contribution is 0.624. The molecule has 0 unspecified atom stereocenters. The summed E-state index contributed by atoms with van der Waals surface area (Å²) >= 11 is 0. The molecule has 0 aliphatic rings. The zero-order chi connectivity index (χ0) is 19.1. The second kappa shape index (κ2) is 8.88. The summed E-state index contributed by atoms with van der Waals surface area (Å²) in [5, 5.41) is 0. The van der Waals surface area contributed by atoms with E-state index in [1.54, 1.807) is 12.1 Å². The van der Waals surface area contributed by atoms with Crippen LogP contribution in [0.2, 0.25) is 0 Å². The first-order chi connectivity index (χ1) is 13.2. The van der Waals surface area contributed by atoms with Crippen molar-refractivity contribution in [2.45, 2.75) is 26.7 Å². The number of benzene rings is 3. The van der Waals surface area contributed by atoms with Crippen molar-refractivity contribution in [2.24, 2.45) is 0 Å². The van der Waals surface area contributed by atoms with Gasteiger partial charge in [0.25, 0.3) is 0 Å². The lowest BCUT2D eigenvalue weighted by Crippen LogP contribution is -1.86. The van der Waals surface area contributed by atoms with E-state index in [1.165, 1.54) is 17.2 Å². The van der Waals surface area contributed by atoms with E-state index in [4.69, 9.17) is 0 Å². The normalized spacial score (nSPS) is 9.74. The molecule has 132 valence electrons. The van der Waals surface area contributed by atoms with Crippen molar-refractivity contribution >= 4 is 0 Å². The SMILES string of the molecule is CCc1ccc(C#Cc2ccc(C#Cc3ccc(CC)cc3)c(F)c2)cc1. The number of hydrogen-bond donors (Lipinski definition) is 0. The standard InChI is InChI=1S/C26H21F/c1-3-20-5-9-22(10-6-20)13-14-24-16-18-25(26(27)19-24)17-15-23-11-7-21(4-2)8-12-23/h5-12,16,18-19H,3-4H2,1-2H3. The van der Waals surface area contributed by atoms with Gasteiger partial charge in [-0.2, -0.15) is 0 Å². The Bertz CT molecular complexity index is 1030. The molecule has 0 heterocycles. The Morgan fingerprint density at radius 2 is 1.04 bits per heavy atom. The first-order valence-corrected chi connectivity index (χ1v) is 9.19. The molecule has 0 spiro atoms. The Hall–Kier alpha value is -3.29.